The first-order valence-electron chi connectivity index (χ1n) is 4.60. The van der Waals surface area contributed by atoms with Gasteiger partial charge >= 0.3 is 0 Å². The SMILES string of the molecule is CC(C)c1cncc(=O)n1C(C)C. The Morgan fingerprint density at radius 1 is 1.23 bits per heavy atom. The van der Waals surface area contributed by atoms with E-state index < -0.39 is 0 Å². The monoisotopic (exact) mass is 180 g/mol. The molecular formula is C10H16N2O. The first kappa shape index (κ1) is 9.96. The van der Waals surface area contributed by atoms with Crippen LogP contribution in [0.5, 0.6) is 0 Å². The van der Waals surface area contributed by atoms with Gasteiger partial charge in [-0.15, -0.1) is 0 Å². The molecule has 1 heterocycles. The van der Waals surface area contributed by atoms with Gasteiger partial charge in [-0.1, -0.05) is 13.8 Å². The molecule has 0 amide bonds. The highest BCUT2D eigenvalue weighted by atomic mass is 16.1. The Bertz CT molecular complexity index is 339. The van der Waals surface area contributed by atoms with Crippen LogP contribution in [0.15, 0.2) is 17.2 Å². The van der Waals surface area contributed by atoms with Crippen molar-refractivity contribution in [1.29, 1.82) is 0 Å². The summed E-state index contributed by atoms with van der Waals surface area (Å²) in [5, 5.41) is 0. The summed E-state index contributed by atoms with van der Waals surface area (Å²) < 4.78 is 1.79. The van der Waals surface area contributed by atoms with Gasteiger partial charge < -0.3 is 4.57 Å². The smallest absolute Gasteiger partial charge is 0.269 e. The summed E-state index contributed by atoms with van der Waals surface area (Å²) in [5.41, 5.74) is 0.990. The van der Waals surface area contributed by atoms with Gasteiger partial charge in [-0.3, -0.25) is 9.78 Å². The molecule has 0 saturated carbocycles. The standard InChI is InChI=1S/C10H16N2O/c1-7(2)9-5-11-6-10(13)12(9)8(3)4/h5-8H,1-4H3. The van der Waals surface area contributed by atoms with Gasteiger partial charge in [-0.05, 0) is 19.8 Å². The number of rotatable bonds is 2. The molecular weight excluding hydrogens is 164 g/mol. The predicted molar refractivity (Wildman–Crippen MR) is 53.0 cm³/mol. The Balaban J connectivity index is 3.35. The summed E-state index contributed by atoms with van der Waals surface area (Å²) in [7, 11) is 0. The molecule has 72 valence electrons. The van der Waals surface area contributed by atoms with Crippen molar-refractivity contribution in [3.05, 3.63) is 28.4 Å². The molecule has 0 unspecified atom stereocenters. The fraction of sp³-hybridized carbons (Fsp3) is 0.600. The van der Waals surface area contributed by atoms with Gasteiger partial charge in [0.15, 0.2) is 0 Å². The lowest BCUT2D eigenvalue weighted by atomic mass is 10.1. The van der Waals surface area contributed by atoms with Gasteiger partial charge in [0.2, 0.25) is 0 Å². The van der Waals surface area contributed by atoms with Crippen LogP contribution in [0.3, 0.4) is 0 Å². The first-order chi connectivity index (χ1) is 6.04. The minimum atomic E-state index is -0.0128. The van der Waals surface area contributed by atoms with Gasteiger partial charge in [-0.2, -0.15) is 0 Å². The molecule has 0 aliphatic carbocycles. The van der Waals surface area contributed by atoms with Crippen molar-refractivity contribution in [3.63, 3.8) is 0 Å². The van der Waals surface area contributed by atoms with E-state index in [4.69, 9.17) is 0 Å². The molecule has 0 N–H and O–H groups in total. The number of hydrogen-bond acceptors (Lipinski definition) is 2. The molecule has 0 atom stereocenters. The second kappa shape index (κ2) is 3.73. The maximum Gasteiger partial charge on any atom is 0.269 e. The second-order valence-corrected chi connectivity index (χ2v) is 3.79. The Morgan fingerprint density at radius 2 is 1.85 bits per heavy atom. The van der Waals surface area contributed by atoms with Crippen molar-refractivity contribution in [2.45, 2.75) is 39.7 Å². The fourth-order valence-corrected chi connectivity index (χ4v) is 1.41. The molecule has 0 aliphatic heterocycles. The topological polar surface area (TPSA) is 34.9 Å². The minimum absolute atomic E-state index is 0.0128. The largest absolute Gasteiger partial charge is 0.307 e. The van der Waals surface area contributed by atoms with Gasteiger partial charge in [-0.25, -0.2) is 0 Å². The van der Waals surface area contributed by atoms with Crippen LogP contribution in [0.25, 0.3) is 0 Å². The molecule has 0 spiro atoms. The van der Waals surface area contributed by atoms with Crippen LogP contribution in [0, 0.1) is 0 Å². The zero-order valence-electron chi connectivity index (χ0n) is 8.61. The van der Waals surface area contributed by atoms with Crippen molar-refractivity contribution in [2.24, 2.45) is 0 Å². The van der Waals surface area contributed by atoms with Gasteiger partial charge in [0.1, 0.15) is 0 Å². The van der Waals surface area contributed by atoms with Crippen molar-refractivity contribution >= 4 is 0 Å². The zero-order chi connectivity index (χ0) is 10.0. The fourth-order valence-electron chi connectivity index (χ4n) is 1.41. The Labute approximate surface area is 78.4 Å². The molecule has 1 aromatic heterocycles. The number of nitrogens with zero attached hydrogens (tertiary/aromatic N) is 2. The van der Waals surface area contributed by atoms with E-state index in [1.807, 2.05) is 13.8 Å². The number of hydrogen-bond donors (Lipinski definition) is 0. The Morgan fingerprint density at radius 3 is 2.23 bits per heavy atom. The molecule has 1 rings (SSSR count). The average molecular weight is 180 g/mol. The van der Waals surface area contributed by atoms with E-state index in [2.05, 4.69) is 18.8 Å². The summed E-state index contributed by atoms with van der Waals surface area (Å²) >= 11 is 0. The lowest BCUT2D eigenvalue weighted by Gasteiger charge is -2.17. The summed E-state index contributed by atoms with van der Waals surface area (Å²) in [6.45, 7) is 8.14. The molecule has 3 heteroatoms. The third-order valence-corrected chi connectivity index (χ3v) is 2.02. The molecule has 0 aliphatic rings. The van der Waals surface area contributed by atoms with E-state index in [1.54, 1.807) is 10.8 Å². The van der Waals surface area contributed by atoms with E-state index in [-0.39, 0.29) is 11.6 Å². The van der Waals surface area contributed by atoms with Gasteiger partial charge in [0, 0.05) is 17.9 Å². The van der Waals surface area contributed by atoms with Gasteiger partial charge in [0.05, 0.1) is 6.20 Å². The van der Waals surface area contributed by atoms with E-state index >= 15 is 0 Å². The van der Waals surface area contributed by atoms with Crippen molar-refractivity contribution < 1.29 is 0 Å². The average Bonchev–Trinajstić information content (AvgIpc) is 2.02. The second-order valence-electron chi connectivity index (χ2n) is 3.79. The first-order valence-corrected chi connectivity index (χ1v) is 4.60. The third-order valence-electron chi connectivity index (χ3n) is 2.02. The van der Waals surface area contributed by atoms with Crippen molar-refractivity contribution in [3.8, 4) is 0 Å². The molecule has 13 heavy (non-hydrogen) atoms. The van der Waals surface area contributed by atoms with Gasteiger partial charge in [0.25, 0.3) is 5.56 Å². The van der Waals surface area contributed by atoms with E-state index in [0.717, 1.165) is 5.69 Å². The van der Waals surface area contributed by atoms with E-state index in [1.165, 1.54) is 6.20 Å². The molecule has 1 aromatic rings. The molecule has 0 saturated heterocycles. The number of aromatic nitrogens is 2. The van der Waals surface area contributed by atoms with Crippen LogP contribution in [-0.4, -0.2) is 9.55 Å². The predicted octanol–water partition coefficient (Wildman–Crippen LogP) is 1.95. The minimum Gasteiger partial charge on any atom is -0.307 e. The summed E-state index contributed by atoms with van der Waals surface area (Å²) in [5.74, 6) is 0.337. The molecule has 0 fully saturated rings. The summed E-state index contributed by atoms with van der Waals surface area (Å²) in [6, 6.07) is 0.202. The zero-order valence-corrected chi connectivity index (χ0v) is 8.61. The Hall–Kier alpha value is -1.12. The molecule has 0 radical (unpaired) electrons. The van der Waals surface area contributed by atoms with Crippen LogP contribution in [0.4, 0.5) is 0 Å². The molecule has 0 aromatic carbocycles. The van der Waals surface area contributed by atoms with Crippen molar-refractivity contribution in [2.75, 3.05) is 0 Å². The maximum atomic E-state index is 11.5. The highest BCUT2D eigenvalue weighted by Gasteiger charge is 2.09. The lowest BCUT2D eigenvalue weighted by molar-refractivity contribution is 0.529. The summed E-state index contributed by atoms with van der Waals surface area (Å²) in [4.78, 5) is 15.4. The van der Waals surface area contributed by atoms with Crippen LogP contribution in [0.1, 0.15) is 45.3 Å². The quantitative estimate of drug-likeness (QED) is 0.697. The molecule has 0 bridgehead atoms. The summed E-state index contributed by atoms with van der Waals surface area (Å²) in [6.07, 6.45) is 3.14. The van der Waals surface area contributed by atoms with Crippen LogP contribution < -0.4 is 5.56 Å². The highest BCUT2D eigenvalue weighted by Crippen LogP contribution is 2.14. The van der Waals surface area contributed by atoms with Crippen molar-refractivity contribution in [1.82, 2.24) is 9.55 Å². The lowest BCUT2D eigenvalue weighted by Crippen LogP contribution is -2.25. The van der Waals surface area contributed by atoms with Crippen LogP contribution in [0.2, 0.25) is 0 Å². The molecule has 3 nitrogen and oxygen atoms in total. The third kappa shape index (κ3) is 1.97. The van der Waals surface area contributed by atoms with Crippen LogP contribution in [-0.2, 0) is 0 Å². The maximum absolute atomic E-state index is 11.5. The Kier molecular flexibility index (Phi) is 2.86. The normalized spacial score (nSPS) is 11.2. The van der Waals surface area contributed by atoms with E-state index in [9.17, 15) is 4.79 Å². The van der Waals surface area contributed by atoms with E-state index in [0.29, 0.717) is 5.92 Å². The highest BCUT2D eigenvalue weighted by molar-refractivity contribution is 5.04. The van der Waals surface area contributed by atoms with Crippen LogP contribution >= 0.6 is 0 Å².